The van der Waals surface area contributed by atoms with Crippen molar-refractivity contribution >= 4 is 80.9 Å². The molecule has 5 N–H and O–H groups in total. The van der Waals surface area contributed by atoms with Gasteiger partial charge in [0.15, 0.2) is 0 Å². The van der Waals surface area contributed by atoms with Gasteiger partial charge in [0.25, 0.3) is 0 Å². The van der Waals surface area contributed by atoms with Crippen LogP contribution in [0.4, 0.5) is 0 Å². The maximum Gasteiger partial charge on any atom is 0 e. The van der Waals surface area contributed by atoms with Crippen molar-refractivity contribution in [3.63, 3.8) is 0 Å². The molecule has 0 aromatic rings. The van der Waals surface area contributed by atoms with Gasteiger partial charge in [-0.15, -0.1) is 0 Å². The maximum absolute atomic E-state index is 0. The number of rotatable bonds is 0. The summed E-state index contributed by atoms with van der Waals surface area (Å²) in [5.74, 6) is 0. The van der Waals surface area contributed by atoms with Crippen LogP contribution >= 0.6 is 0 Å². The predicted molar refractivity (Wildman–Crippen MR) is 32.2 cm³/mol. The van der Waals surface area contributed by atoms with Crippen molar-refractivity contribution in [2.24, 2.45) is 0 Å². The van der Waals surface area contributed by atoms with E-state index in [1.807, 2.05) is 0 Å². The second kappa shape index (κ2) is 80.0. The molecule has 0 saturated carbocycles. The van der Waals surface area contributed by atoms with Crippen LogP contribution in [0, 0.1) is 0 Å². The first kappa shape index (κ1) is 115. The fourth-order valence-corrected chi connectivity index (χ4v) is 0. The van der Waals surface area contributed by atoms with Crippen molar-refractivity contribution in [2.45, 2.75) is 0 Å². The van der Waals surface area contributed by atoms with Crippen molar-refractivity contribution in [3.05, 3.63) is 0 Å². The Bertz CT molecular complexity index is 14.9. The van der Waals surface area contributed by atoms with Crippen LogP contribution < -0.4 is 0 Å². The summed E-state index contributed by atoms with van der Waals surface area (Å²) in [7, 11) is 0. The summed E-state index contributed by atoms with van der Waals surface area (Å²) in [5.41, 5.74) is 0. The summed E-state index contributed by atoms with van der Waals surface area (Å²) in [6, 6.07) is 0. The van der Waals surface area contributed by atoms with Gasteiger partial charge in [-0.2, -0.15) is 0 Å². The smallest absolute Gasteiger partial charge is 0 e. The Balaban J connectivity index is 0. The Morgan fingerprint density at radius 1 is 0.857 bits per heavy atom. The van der Waals surface area contributed by atoms with E-state index in [0.717, 1.165) is 0 Å². The van der Waals surface area contributed by atoms with Crippen LogP contribution in [-0.2, 0) is 0 Å². The molecule has 0 aliphatic heterocycles. The first-order valence-electron chi connectivity index (χ1n) is 0. The van der Waals surface area contributed by atoms with Crippen LogP contribution in [0.15, 0.2) is 0 Å². The van der Waals surface area contributed by atoms with Crippen LogP contribution in [0.1, 0.15) is 0 Å². The van der Waals surface area contributed by atoms with Crippen LogP contribution in [0.25, 0.3) is 0 Å². The molecule has 0 saturated heterocycles. The number of hydrogen-bond acceptors (Lipinski definition) is 1. The molecule has 0 spiro atoms. The van der Waals surface area contributed by atoms with E-state index in [2.05, 4.69) is 0 Å². The van der Waals surface area contributed by atoms with Gasteiger partial charge < -0.3 is 16.4 Å². The molecule has 0 rings (SSSR count). The van der Waals surface area contributed by atoms with Crippen molar-refractivity contribution in [3.8, 4) is 0 Å². The second-order valence-corrected chi connectivity index (χ2v) is 0. The molecule has 0 heterocycles. The van der Waals surface area contributed by atoms with Gasteiger partial charge in [0.05, 0.1) is 0 Å². The van der Waals surface area contributed by atoms with Crippen LogP contribution in [0.3, 0.4) is 0 Å². The van der Waals surface area contributed by atoms with E-state index < -0.39 is 0 Å². The van der Waals surface area contributed by atoms with Gasteiger partial charge in [0.1, 0.15) is 0 Å². The Labute approximate surface area is 96.1 Å². The van der Waals surface area contributed by atoms with Crippen LogP contribution in [0.2, 0.25) is 0 Å². The predicted octanol–water partition coefficient (Wildman–Crippen LogP) is -3.35. The topological polar surface area (TPSA) is 93.0 Å². The molecule has 7 heavy (non-hydrogen) atoms. The van der Waals surface area contributed by atoms with Gasteiger partial charge >= 0.3 is 0 Å². The van der Waals surface area contributed by atoms with Crippen LogP contribution in [-0.4, -0.2) is 97.4 Å². The minimum absolute atomic E-state index is 0. The summed E-state index contributed by atoms with van der Waals surface area (Å²) in [5, 5.41) is 0. The van der Waals surface area contributed by atoms with Gasteiger partial charge in [-0.1, -0.05) is 0 Å². The van der Waals surface area contributed by atoms with E-state index in [0.29, 0.717) is 0 Å². The van der Waals surface area contributed by atoms with E-state index in [1.54, 1.807) is 0 Å². The quantitative estimate of drug-likeness (QED) is 0.336. The SMILES string of the molecule is O.O.[Al].[Mg].[Na].[OH-].[Si]. The monoisotopic (exact) mass is 155 g/mol. The number of hydrogen-bond donors (Lipinski definition) is 0. The summed E-state index contributed by atoms with van der Waals surface area (Å²) >= 11 is 0. The normalized spacial score (nSPS) is 0. The first-order valence-corrected chi connectivity index (χ1v) is 0. The molecule has 34 valence electrons. The van der Waals surface area contributed by atoms with Crippen molar-refractivity contribution in [2.75, 3.05) is 0 Å². The minimum atomic E-state index is 0. The van der Waals surface area contributed by atoms with E-state index in [1.165, 1.54) is 0 Å². The van der Waals surface area contributed by atoms with E-state index in [9.17, 15) is 0 Å². The molecule has 0 fully saturated rings. The Morgan fingerprint density at radius 2 is 0.857 bits per heavy atom. The summed E-state index contributed by atoms with van der Waals surface area (Å²) in [4.78, 5) is 0. The largest absolute Gasteiger partial charge is 0.870 e. The zero-order chi connectivity index (χ0) is 0. The zero-order valence-electron chi connectivity index (χ0n) is 4.23. The molecule has 0 unspecified atom stereocenters. The van der Waals surface area contributed by atoms with Crippen molar-refractivity contribution in [1.82, 2.24) is 0 Å². The molecule has 10 radical (unpaired) electrons. The average molecular weight is 155 g/mol. The van der Waals surface area contributed by atoms with E-state index >= 15 is 0 Å². The second-order valence-electron chi connectivity index (χ2n) is 0. The van der Waals surface area contributed by atoms with E-state index in [-0.39, 0.29) is 97.4 Å². The summed E-state index contributed by atoms with van der Waals surface area (Å²) in [6.07, 6.45) is 0. The fourth-order valence-electron chi connectivity index (χ4n) is 0. The molecule has 0 aliphatic carbocycles. The maximum atomic E-state index is 0. The summed E-state index contributed by atoms with van der Waals surface area (Å²) < 4.78 is 0. The molecule has 0 bridgehead atoms. The third kappa shape index (κ3) is 59.8. The molecule has 3 nitrogen and oxygen atoms in total. The fraction of sp³-hybridized carbons (Fsp3) is 0. The van der Waals surface area contributed by atoms with Crippen molar-refractivity contribution in [1.29, 1.82) is 0 Å². The Hall–Kier alpha value is 2.40. The van der Waals surface area contributed by atoms with Gasteiger partial charge in [-0.25, -0.2) is 0 Å². The standard InChI is InChI=1S/Al.Mg.Na.3H2O.Si/h;;;3*1H2;/p-1. The molecule has 0 amide bonds. The molecule has 0 atom stereocenters. The molecular weight excluding hydrogens is 150 g/mol. The molecule has 0 aliphatic rings. The average Bonchev–Trinajstić information content (AvgIpc) is 0. The third-order valence-electron chi connectivity index (χ3n) is 0. The Kier molecular flexibility index (Phi) is 1320. The third-order valence-corrected chi connectivity index (χ3v) is 0. The molecule has 0 aromatic carbocycles. The van der Waals surface area contributed by atoms with Gasteiger partial charge in [0, 0.05) is 80.9 Å². The van der Waals surface area contributed by atoms with Gasteiger partial charge in [0.2, 0.25) is 0 Å². The Morgan fingerprint density at radius 3 is 0.857 bits per heavy atom. The first-order chi connectivity index (χ1) is 0. The summed E-state index contributed by atoms with van der Waals surface area (Å²) in [6.45, 7) is 0. The van der Waals surface area contributed by atoms with Crippen molar-refractivity contribution < 1.29 is 16.4 Å². The minimum Gasteiger partial charge on any atom is -0.870 e. The molecule has 7 heteroatoms. The van der Waals surface area contributed by atoms with Gasteiger partial charge in [-0.05, 0) is 0 Å². The molecular formula is H5AlMgNaO3Si-. The zero-order valence-corrected chi connectivity index (χ0v) is 9.80. The molecule has 0 aromatic heterocycles. The van der Waals surface area contributed by atoms with Crippen LogP contribution in [0.5, 0.6) is 0 Å². The van der Waals surface area contributed by atoms with Gasteiger partial charge in [-0.3, -0.25) is 0 Å². The van der Waals surface area contributed by atoms with E-state index in [4.69, 9.17) is 0 Å².